The summed E-state index contributed by atoms with van der Waals surface area (Å²) >= 11 is 3.46. The first kappa shape index (κ1) is 13.1. The fourth-order valence-electron chi connectivity index (χ4n) is 1.64. The number of nitrogens with one attached hydrogen (secondary N) is 1. The molecule has 0 atom stereocenters. The summed E-state index contributed by atoms with van der Waals surface area (Å²) in [5, 5.41) is 3.35. The van der Waals surface area contributed by atoms with Gasteiger partial charge in [-0.05, 0) is 29.8 Å². The monoisotopic (exact) mass is 305 g/mol. The lowest BCUT2D eigenvalue weighted by molar-refractivity contribution is 0.313. The molecule has 2 aromatic carbocycles. The van der Waals surface area contributed by atoms with Gasteiger partial charge >= 0.3 is 0 Å². The Kier molecular flexibility index (Phi) is 5.24. The lowest BCUT2D eigenvalue weighted by Gasteiger charge is -2.07. The average Bonchev–Trinajstić information content (AvgIpc) is 2.40. The first-order valence-electron chi connectivity index (χ1n) is 5.97. The van der Waals surface area contributed by atoms with Crippen LogP contribution in [0.15, 0.2) is 59.1 Å². The molecule has 0 spiro atoms. The summed E-state index contributed by atoms with van der Waals surface area (Å²) in [6, 6.07) is 18.2. The number of hydrogen-bond donors (Lipinski definition) is 1. The van der Waals surface area contributed by atoms with E-state index in [9.17, 15) is 0 Å². The van der Waals surface area contributed by atoms with E-state index in [1.807, 2.05) is 42.5 Å². The molecule has 0 bridgehead atoms. The fourth-order valence-corrected chi connectivity index (χ4v) is 2.08. The van der Waals surface area contributed by atoms with Gasteiger partial charge in [-0.15, -0.1) is 0 Å². The zero-order valence-electron chi connectivity index (χ0n) is 10.1. The molecule has 0 saturated carbocycles. The summed E-state index contributed by atoms with van der Waals surface area (Å²) in [6.45, 7) is 2.37. The summed E-state index contributed by atoms with van der Waals surface area (Å²) in [6.07, 6.45) is 0. The van der Waals surface area contributed by atoms with Crippen molar-refractivity contribution in [3.63, 3.8) is 0 Å². The highest BCUT2D eigenvalue weighted by atomic mass is 79.9. The predicted octanol–water partition coefficient (Wildman–Crippen LogP) is 3.62. The molecule has 0 unspecified atom stereocenters. The van der Waals surface area contributed by atoms with Gasteiger partial charge in [0, 0.05) is 17.6 Å². The van der Waals surface area contributed by atoms with E-state index in [0.717, 1.165) is 23.3 Å². The van der Waals surface area contributed by atoms with Crippen LogP contribution in [0.3, 0.4) is 0 Å². The molecule has 94 valence electrons. The van der Waals surface area contributed by atoms with Crippen molar-refractivity contribution in [1.82, 2.24) is 5.32 Å². The van der Waals surface area contributed by atoms with Crippen LogP contribution < -0.4 is 10.1 Å². The van der Waals surface area contributed by atoms with Crippen LogP contribution in [-0.2, 0) is 6.54 Å². The lowest BCUT2D eigenvalue weighted by Crippen LogP contribution is -2.20. The molecule has 0 heterocycles. The van der Waals surface area contributed by atoms with Crippen LogP contribution in [0.5, 0.6) is 5.75 Å². The van der Waals surface area contributed by atoms with Crippen LogP contribution in [0.2, 0.25) is 0 Å². The largest absolute Gasteiger partial charge is 0.492 e. The minimum atomic E-state index is 0.679. The second kappa shape index (κ2) is 7.19. The Balaban J connectivity index is 1.65. The van der Waals surface area contributed by atoms with Crippen LogP contribution in [0, 0.1) is 0 Å². The fraction of sp³-hybridized carbons (Fsp3) is 0.200. The Labute approximate surface area is 116 Å². The molecule has 2 nitrogen and oxygen atoms in total. The molecule has 0 aliphatic carbocycles. The minimum Gasteiger partial charge on any atom is -0.492 e. The number of para-hydroxylation sites is 1. The third kappa shape index (κ3) is 4.51. The molecule has 0 saturated heterocycles. The van der Waals surface area contributed by atoms with Gasteiger partial charge in [-0.2, -0.15) is 0 Å². The Morgan fingerprint density at radius 3 is 2.61 bits per heavy atom. The molecule has 0 radical (unpaired) electrons. The zero-order valence-corrected chi connectivity index (χ0v) is 11.7. The van der Waals surface area contributed by atoms with E-state index in [-0.39, 0.29) is 0 Å². The van der Waals surface area contributed by atoms with Crippen molar-refractivity contribution in [1.29, 1.82) is 0 Å². The molecule has 0 aliphatic heterocycles. The maximum atomic E-state index is 5.60. The van der Waals surface area contributed by atoms with Crippen molar-refractivity contribution in [2.24, 2.45) is 0 Å². The van der Waals surface area contributed by atoms with Gasteiger partial charge in [-0.1, -0.05) is 46.3 Å². The maximum absolute atomic E-state index is 5.60. The molecule has 1 N–H and O–H groups in total. The van der Waals surface area contributed by atoms with Gasteiger partial charge in [0.05, 0.1) is 0 Å². The summed E-state index contributed by atoms with van der Waals surface area (Å²) in [5.41, 5.74) is 1.27. The first-order chi connectivity index (χ1) is 8.84. The van der Waals surface area contributed by atoms with Crippen molar-refractivity contribution in [3.8, 4) is 5.75 Å². The van der Waals surface area contributed by atoms with Gasteiger partial charge in [0.2, 0.25) is 0 Å². The van der Waals surface area contributed by atoms with Crippen LogP contribution in [-0.4, -0.2) is 13.2 Å². The van der Waals surface area contributed by atoms with Crippen LogP contribution >= 0.6 is 15.9 Å². The molecule has 0 fully saturated rings. The molecule has 2 aromatic rings. The SMILES string of the molecule is Brc1cccc(CNCCOc2ccccc2)c1. The summed E-state index contributed by atoms with van der Waals surface area (Å²) in [7, 11) is 0. The molecule has 0 amide bonds. The first-order valence-corrected chi connectivity index (χ1v) is 6.77. The minimum absolute atomic E-state index is 0.679. The van der Waals surface area contributed by atoms with Gasteiger partial charge in [0.25, 0.3) is 0 Å². The number of hydrogen-bond acceptors (Lipinski definition) is 2. The van der Waals surface area contributed by atoms with Gasteiger partial charge in [-0.3, -0.25) is 0 Å². The molecule has 2 rings (SSSR count). The highest BCUT2D eigenvalue weighted by Crippen LogP contribution is 2.11. The van der Waals surface area contributed by atoms with E-state index >= 15 is 0 Å². The highest BCUT2D eigenvalue weighted by Gasteiger charge is 1.94. The van der Waals surface area contributed by atoms with Crippen molar-refractivity contribution in [2.45, 2.75) is 6.54 Å². The van der Waals surface area contributed by atoms with Gasteiger partial charge < -0.3 is 10.1 Å². The molecule has 0 aliphatic rings. The standard InChI is InChI=1S/C15H16BrNO/c16-14-6-4-5-13(11-14)12-17-9-10-18-15-7-2-1-3-8-15/h1-8,11,17H,9-10,12H2. The van der Waals surface area contributed by atoms with E-state index in [1.165, 1.54) is 5.56 Å². The second-order valence-electron chi connectivity index (χ2n) is 3.97. The van der Waals surface area contributed by atoms with Crippen molar-refractivity contribution < 1.29 is 4.74 Å². The summed E-state index contributed by atoms with van der Waals surface area (Å²) < 4.78 is 6.71. The third-order valence-electron chi connectivity index (χ3n) is 2.51. The normalized spacial score (nSPS) is 10.3. The quantitative estimate of drug-likeness (QED) is 0.823. The predicted molar refractivity (Wildman–Crippen MR) is 77.8 cm³/mol. The Morgan fingerprint density at radius 2 is 1.83 bits per heavy atom. The summed E-state index contributed by atoms with van der Waals surface area (Å²) in [5.74, 6) is 0.918. The van der Waals surface area contributed by atoms with E-state index in [1.54, 1.807) is 0 Å². The Bertz CT molecular complexity index is 473. The molecular formula is C15H16BrNO. The molecule has 3 heteroatoms. The van der Waals surface area contributed by atoms with Crippen LogP contribution in [0.4, 0.5) is 0 Å². The molecule has 18 heavy (non-hydrogen) atoms. The van der Waals surface area contributed by atoms with E-state index in [0.29, 0.717) is 6.61 Å². The zero-order chi connectivity index (χ0) is 12.6. The lowest BCUT2D eigenvalue weighted by atomic mass is 10.2. The average molecular weight is 306 g/mol. The van der Waals surface area contributed by atoms with E-state index in [4.69, 9.17) is 4.74 Å². The van der Waals surface area contributed by atoms with Crippen molar-refractivity contribution in [3.05, 3.63) is 64.6 Å². The second-order valence-corrected chi connectivity index (χ2v) is 4.88. The van der Waals surface area contributed by atoms with E-state index < -0.39 is 0 Å². The van der Waals surface area contributed by atoms with Gasteiger partial charge in [0.1, 0.15) is 12.4 Å². The summed E-state index contributed by atoms with van der Waals surface area (Å²) in [4.78, 5) is 0. The van der Waals surface area contributed by atoms with Crippen molar-refractivity contribution >= 4 is 15.9 Å². The maximum Gasteiger partial charge on any atom is 0.119 e. The number of benzene rings is 2. The molecular weight excluding hydrogens is 290 g/mol. The number of rotatable bonds is 6. The van der Waals surface area contributed by atoms with E-state index in [2.05, 4.69) is 33.4 Å². The van der Waals surface area contributed by atoms with Crippen molar-refractivity contribution in [2.75, 3.05) is 13.2 Å². The number of halogens is 1. The smallest absolute Gasteiger partial charge is 0.119 e. The molecule has 0 aromatic heterocycles. The Hall–Kier alpha value is -1.32. The van der Waals surface area contributed by atoms with Gasteiger partial charge in [-0.25, -0.2) is 0 Å². The topological polar surface area (TPSA) is 21.3 Å². The highest BCUT2D eigenvalue weighted by molar-refractivity contribution is 9.10. The van der Waals surface area contributed by atoms with Crippen LogP contribution in [0.25, 0.3) is 0 Å². The Morgan fingerprint density at radius 1 is 1.00 bits per heavy atom. The third-order valence-corrected chi connectivity index (χ3v) is 3.00. The van der Waals surface area contributed by atoms with Crippen LogP contribution in [0.1, 0.15) is 5.56 Å². The number of ether oxygens (including phenoxy) is 1. The van der Waals surface area contributed by atoms with Gasteiger partial charge in [0.15, 0.2) is 0 Å².